The molecule has 2 amide bonds. The Hall–Kier alpha value is -1.82. The van der Waals surface area contributed by atoms with Crippen molar-refractivity contribution in [1.82, 2.24) is 10.3 Å². The lowest BCUT2D eigenvalue weighted by molar-refractivity contribution is 0.225. The van der Waals surface area contributed by atoms with E-state index in [2.05, 4.69) is 15.6 Å². The van der Waals surface area contributed by atoms with Gasteiger partial charge in [-0.05, 0) is 29.8 Å². The standard InChI is InChI=1S/C14H13Cl2N3O2/c15-10-3-1-9(2-4-10)12(8-20)19-14(21)18-11-5-6-17-13(16)7-11/h1-7,12,20H,8H2,(H2,17,18,19,21). The number of pyridine rings is 1. The van der Waals surface area contributed by atoms with Crippen molar-refractivity contribution < 1.29 is 9.90 Å². The molecule has 0 aliphatic rings. The van der Waals surface area contributed by atoms with Crippen molar-refractivity contribution in [3.63, 3.8) is 0 Å². The number of hydrogen-bond acceptors (Lipinski definition) is 3. The molecular formula is C14H13Cl2N3O2. The van der Waals surface area contributed by atoms with Gasteiger partial charge in [0.1, 0.15) is 5.15 Å². The van der Waals surface area contributed by atoms with Crippen LogP contribution in [0, 0.1) is 0 Å². The predicted octanol–water partition coefficient (Wildman–Crippen LogP) is 3.24. The number of benzene rings is 1. The summed E-state index contributed by atoms with van der Waals surface area (Å²) in [7, 11) is 0. The Balaban J connectivity index is 2.01. The van der Waals surface area contributed by atoms with Crippen LogP contribution in [0.25, 0.3) is 0 Å². The SMILES string of the molecule is O=C(Nc1ccnc(Cl)c1)NC(CO)c1ccc(Cl)cc1. The number of aliphatic hydroxyl groups is 1. The van der Waals surface area contributed by atoms with Gasteiger partial charge in [-0.2, -0.15) is 0 Å². The highest BCUT2D eigenvalue weighted by Gasteiger charge is 2.13. The summed E-state index contributed by atoms with van der Waals surface area (Å²) < 4.78 is 0. The molecule has 0 aliphatic carbocycles. The molecule has 1 atom stereocenters. The van der Waals surface area contributed by atoms with Gasteiger partial charge >= 0.3 is 6.03 Å². The van der Waals surface area contributed by atoms with Crippen molar-refractivity contribution in [1.29, 1.82) is 0 Å². The van der Waals surface area contributed by atoms with E-state index in [1.165, 1.54) is 12.3 Å². The van der Waals surface area contributed by atoms with Crippen LogP contribution in [-0.4, -0.2) is 22.7 Å². The minimum Gasteiger partial charge on any atom is -0.394 e. The molecule has 1 unspecified atom stereocenters. The number of aromatic nitrogens is 1. The maximum absolute atomic E-state index is 11.9. The van der Waals surface area contributed by atoms with Crippen molar-refractivity contribution in [3.05, 3.63) is 58.3 Å². The Morgan fingerprint density at radius 1 is 1.24 bits per heavy atom. The van der Waals surface area contributed by atoms with E-state index in [9.17, 15) is 9.90 Å². The van der Waals surface area contributed by atoms with Crippen LogP contribution >= 0.6 is 23.2 Å². The van der Waals surface area contributed by atoms with Crippen molar-refractivity contribution >= 4 is 34.9 Å². The third kappa shape index (κ3) is 4.60. The van der Waals surface area contributed by atoms with Crippen LogP contribution in [0.1, 0.15) is 11.6 Å². The zero-order valence-corrected chi connectivity index (χ0v) is 12.4. The Bertz CT molecular complexity index is 620. The zero-order valence-electron chi connectivity index (χ0n) is 10.9. The number of urea groups is 1. The van der Waals surface area contributed by atoms with Crippen LogP contribution in [0.5, 0.6) is 0 Å². The maximum Gasteiger partial charge on any atom is 0.319 e. The second kappa shape index (κ2) is 7.26. The number of rotatable bonds is 4. The first-order chi connectivity index (χ1) is 10.1. The fourth-order valence-corrected chi connectivity index (χ4v) is 2.04. The Kier molecular flexibility index (Phi) is 5.38. The number of anilines is 1. The van der Waals surface area contributed by atoms with E-state index in [-0.39, 0.29) is 11.8 Å². The van der Waals surface area contributed by atoms with Crippen molar-refractivity contribution in [3.8, 4) is 0 Å². The monoisotopic (exact) mass is 325 g/mol. The third-order valence-electron chi connectivity index (χ3n) is 2.74. The Morgan fingerprint density at radius 3 is 2.57 bits per heavy atom. The molecule has 0 aliphatic heterocycles. The Morgan fingerprint density at radius 2 is 1.95 bits per heavy atom. The lowest BCUT2D eigenvalue weighted by Gasteiger charge is -2.17. The quantitative estimate of drug-likeness (QED) is 0.755. The summed E-state index contributed by atoms with van der Waals surface area (Å²) in [5.74, 6) is 0. The van der Waals surface area contributed by atoms with E-state index in [1.807, 2.05) is 0 Å². The average Bonchev–Trinajstić information content (AvgIpc) is 2.46. The first kappa shape index (κ1) is 15.6. The molecule has 0 fully saturated rings. The molecular weight excluding hydrogens is 313 g/mol. The van der Waals surface area contributed by atoms with E-state index in [0.717, 1.165) is 5.56 Å². The molecule has 2 rings (SSSR count). The predicted molar refractivity (Wildman–Crippen MR) is 82.7 cm³/mol. The number of carbonyl (C=O) groups excluding carboxylic acids is 1. The summed E-state index contributed by atoms with van der Waals surface area (Å²) >= 11 is 11.5. The number of halogens is 2. The lowest BCUT2D eigenvalue weighted by Crippen LogP contribution is -2.34. The summed E-state index contributed by atoms with van der Waals surface area (Å²) in [5, 5.41) is 15.6. The van der Waals surface area contributed by atoms with Crippen LogP contribution < -0.4 is 10.6 Å². The molecule has 0 radical (unpaired) electrons. The first-order valence-corrected chi connectivity index (χ1v) is 6.89. The summed E-state index contributed by atoms with van der Waals surface area (Å²) in [6.07, 6.45) is 1.49. The van der Waals surface area contributed by atoms with Gasteiger partial charge in [-0.1, -0.05) is 35.3 Å². The molecule has 0 saturated heterocycles. The van der Waals surface area contributed by atoms with Gasteiger partial charge in [-0.3, -0.25) is 0 Å². The molecule has 110 valence electrons. The van der Waals surface area contributed by atoms with Crippen LogP contribution in [-0.2, 0) is 0 Å². The van der Waals surface area contributed by atoms with E-state index >= 15 is 0 Å². The van der Waals surface area contributed by atoms with Crippen LogP contribution in [0.4, 0.5) is 10.5 Å². The Labute approximate surface area is 131 Å². The third-order valence-corrected chi connectivity index (χ3v) is 3.20. The minimum absolute atomic E-state index is 0.230. The van der Waals surface area contributed by atoms with E-state index in [4.69, 9.17) is 23.2 Å². The fourth-order valence-electron chi connectivity index (χ4n) is 1.74. The summed E-state index contributed by atoms with van der Waals surface area (Å²) in [6, 6.07) is 9.04. The molecule has 3 N–H and O–H groups in total. The molecule has 7 heteroatoms. The van der Waals surface area contributed by atoms with Crippen molar-refractivity contribution in [2.75, 3.05) is 11.9 Å². The topological polar surface area (TPSA) is 74.2 Å². The first-order valence-electron chi connectivity index (χ1n) is 6.14. The molecule has 21 heavy (non-hydrogen) atoms. The lowest BCUT2D eigenvalue weighted by atomic mass is 10.1. The minimum atomic E-state index is -0.528. The molecule has 1 aromatic carbocycles. The van der Waals surface area contributed by atoms with Crippen LogP contribution in [0.15, 0.2) is 42.6 Å². The van der Waals surface area contributed by atoms with E-state index in [1.54, 1.807) is 30.3 Å². The molecule has 0 bridgehead atoms. The average molecular weight is 326 g/mol. The summed E-state index contributed by atoms with van der Waals surface area (Å²) in [4.78, 5) is 15.7. The highest BCUT2D eigenvalue weighted by molar-refractivity contribution is 6.30. The number of nitrogens with zero attached hydrogens (tertiary/aromatic N) is 1. The summed E-state index contributed by atoms with van der Waals surface area (Å²) in [6.45, 7) is -0.230. The fraction of sp³-hybridized carbons (Fsp3) is 0.143. The van der Waals surface area contributed by atoms with Gasteiger partial charge in [0.25, 0.3) is 0 Å². The van der Waals surface area contributed by atoms with E-state index in [0.29, 0.717) is 10.7 Å². The molecule has 0 spiro atoms. The molecule has 2 aromatic rings. The maximum atomic E-state index is 11.9. The van der Waals surface area contributed by atoms with Gasteiger partial charge in [0.15, 0.2) is 0 Å². The second-order valence-corrected chi connectivity index (χ2v) is 5.08. The molecule has 1 heterocycles. The van der Waals surface area contributed by atoms with Gasteiger partial charge in [0, 0.05) is 16.9 Å². The molecule has 1 aromatic heterocycles. The smallest absolute Gasteiger partial charge is 0.319 e. The molecule has 0 saturated carbocycles. The van der Waals surface area contributed by atoms with Gasteiger partial charge in [-0.25, -0.2) is 9.78 Å². The summed E-state index contributed by atoms with van der Waals surface area (Å²) in [5.41, 5.74) is 1.27. The van der Waals surface area contributed by atoms with Gasteiger partial charge < -0.3 is 15.7 Å². The number of carbonyl (C=O) groups is 1. The largest absolute Gasteiger partial charge is 0.394 e. The molecule has 5 nitrogen and oxygen atoms in total. The van der Waals surface area contributed by atoms with Gasteiger partial charge in [-0.15, -0.1) is 0 Å². The number of hydrogen-bond donors (Lipinski definition) is 3. The normalized spacial score (nSPS) is 11.8. The highest BCUT2D eigenvalue weighted by Crippen LogP contribution is 2.17. The van der Waals surface area contributed by atoms with Gasteiger partial charge in [0.05, 0.1) is 12.6 Å². The highest BCUT2D eigenvalue weighted by atomic mass is 35.5. The second-order valence-electron chi connectivity index (χ2n) is 4.25. The van der Waals surface area contributed by atoms with Crippen molar-refractivity contribution in [2.24, 2.45) is 0 Å². The van der Waals surface area contributed by atoms with Gasteiger partial charge in [0.2, 0.25) is 0 Å². The number of aliphatic hydroxyl groups excluding tert-OH is 1. The van der Waals surface area contributed by atoms with Crippen LogP contribution in [0.2, 0.25) is 10.2 Å². The zero-order chi connectivity index (χ0) is 15.2. The number of nitrogens with one attached hydrogen (secondary N) is 2. The van der Waals surface area contributed by atoms with Crippen molar-refractivity contribution in [2.45, 2.75) is 6.04 Å². The number of amides is 2. The van der Waals surface area contributed by atoms with Crippen LogP contribution in [0.3, 0.4) is 0 Å². The van der Waals surface area contributed by atoms with E-state index < -0.39 is 12.1 Å².